The Kier molecular flexibility index (Phi) is 3.90. The van der Waals surface area contributed by atoms with Crippen LogP contribution in [0.5, 0.6) is 0 Å². The maximum absolute atomic E-state index is 5.44. The minimum Gasteiger partial charge on any atom is -0.384 e. The van der Waals surface area contributed by atoms with Crippen molar-refractivity contribution >= 4 is 17.6 Å². The molecular weight excluding hydrogens is 170 g/mol. The number of anilines is 1. The molecule has 0 saturated carbocycles. The predicted molar refractivity (Wildman–Crippen MR) is 53.9 cm³/mol. The van der Waals surface area contributed by atoms with Crippen LogP contribution in [0, 0.1) is 0 Å². The molecule has 0 unspecified atom stereocenters. The lowest BCUT2D eigenvalue weighted by molar-refractivity contribution is 1.15. The molecule has 0 fully saturated rings. The highest BCUT2D eigenvalue weighted by Crippen LogP contribution is 2.10. The van der Waals surface area contributed by atoms with Crippen molar-refractivity contribution in [3.05, 3.63) is 23.9 Å². The van der Waals surface area contributed by atoms with Gasteiger partial charge in [0.15, 0.2) is 0 Å². The van der Waals surface area contributed by atoms with Crippen LogP contribution < -0.4 is 11.5 Å². The minimum absolute atomic E-state index is 0.572. The van der Waals surface area contributed by atoms with Crippen LogP contribution in [0.25, 0.3) is 0 Å². The maximum atomic E-state index is 5.44. The fourth-order valence-corrected chi connectivity index (χ4v) is 1.51. The van der Waals surface area contributed by atoms with Gasteiger partial charge in [-0.2, -0.15) is 11.8 Å². The van der Waals surface area contributed by atoms with Gasteiger partial charge in [-0.25, -0.2) is 4.98 Å². The van der Waals surface area contributed by atoms with Gasteiger partial charge < -0.3 is 11.5 Å². The van der Waals surface area contributed by atoms with Gasteiger partial charge in [0.25, 0.3) is 0 Å². The molecule has 1 heterocycles. The second-order valence-corrected chi connectivity index (χ2v) is 3.54. The number of nitrogens with two attached hydrogens (primary N) is 2. The zero-order valence-corrected chi connectivity index (χ0v) is 7.68. The average molecular weight is 183 g/mol. The zero-order valence-electron chi connectivity index (χ0n) is 6.86. The van der Waals surface area contributed by atoms with Gasteiger partial charge in [0.1, 0.15) is 5.82 Å². The van der Waals surface area contributed by atoms with Crippen molar-refractivity contribution < 1.29 is 0 Å². The molecular formula is C8H13N3S. The lowest BCUT2D eigenvalue weighted by atomic mass is 10.3. The smallest absolute Gasteiger partial charge is 0.123 e. The molecule has 0 atom stereocenters. The third-order valence-corrected chi connectivity index (χ3v) is 2.44. The summed E-state index contributed by atoms with van der Waals surface area (Å²) in [6.07, 6.45) is 1.80. The van der Waals surface area contributed by atoms with Gasteiger partial charge in [-0.05, 0) is 11.6 Å². The van der Waals surface area contributed by atoms with Crippen molar-refractivity contribution in [1.29, 1.82) is 0 Å². The summed E-state index contributed by atoms with van der Waals surface area (Å²) in [5.74, 6) is 2.53. The molecule has 1 aromatic rings. The molecule has 3 nitrogen and oxygen atoms in total. The molecule has 0 aliphatic heterocycles. The third kappa shape index (κ3) is 3.11. The topological polar surface area (TPSA) is 64.9 Å². The highest BCUT2D eigenvalue weighted by atomic mass is 32.2. The van der Waals surface area contributed by atoms with Gasteiger partial charge in [0.05, 0.1) is 0 Å². The van der Waals surface area contributed by atoms with Crippen molar-refractivity contribution in [2.75, 3.05) is 18.0 Å². The van der Waals surface area contributed by atoms with E-state index in [0.717, 1.165) is 18.1 Å². The van der Waals surface area contributed by atoms with Crippen LogP contribution in [0.1, 0.15) is 5.56 Å². The molecule has 0 amide bonds. The molecule has 0 bridgehead atoms. The molecule has 1 aromatic heterocycles. The second-order valence-electron chi connectivity index (χ2n) is 2.43. The minimum atomic E-state index is 0.572. The number of thioether (sulfide) groups is 1. The highest BCUT2D eigenvalue weighted by molar-refractivity contribution is 7.98. The molecule has 0 aliphatic rings. The van der Waals surface area contributed by atoms with Crippen molar-refractivity contribution in [2.45, 2.75) is 5.75 Å². The van der Waals surface area contributed by atoms with Gasteiger partial charge in [-0.1, -0.05) is 6.07 Å². The van der Waals surface area contributed by atoms with E-state index in [4.69, 9.17) is 11.5 Å². The van der Waals surface area contributed by atoms with Crippen LogP contribution in [0.4, 0.5) is 5.82 Å². The fraction of sp³-hybridized carbons (Fsp3) is 0.375. The van der Waals surface area contributed by atoms with Crippen LogP contribution in [-0.2, 0) is 5.75 Å². The Labute approximate surface area is 76.5 Å². The summed E-state index contributed by atoms with van der Waals surface area (Å²) in [6.45, 7) is 0.729. The first kappa shape index (κ1) is 9.35. The van der Waals surface area contributed by atoms with Crippen LogP contribution in [-0.4, -0.2) is 17.3 Å². The lowest BCUT2D eigenvalue weighted by Gasteiger charge is -1.99. The molecule has 1 rings (SSSR count). The summed E-state index contributed by atoms with van der Waals surface area (Å²) in [6, 6.07) is 3.81. The van der Waals surface area contributed by atoms with Crippen LogP contribution in [0.3, 0.4) is 0 Å². The van der Waals surface area contributed by atoms with Gasteiger partial charge in [-0.15, -0.1) is 0 Å². The summed E-state index contributed by atoms with van der Waals surface area (Å²) in [7, 11) is 0. The standard InChI is InChI=1S/C8H13N3S/c9-3-4-12-6-7-1-2-8(10)11-5-7/h1-2,5H,3-4,6,9H2,(H2,10,11). The Balaban J connectivity index is 2.37. The third-order valence-electron chi connectivity index (χ3n) is 1.38. The first-order chi connectivity index (χ1) is 5.83. The number of aromatic nitrogens is 1. The molecule has 0 spiro atoms. The molecule has 0 aromatic carbocycles. The Hall–Kier alpha value is -0.740. The fourth-order valence-electron chi connectivity index (χ4n) is 0.795. The van der Waals surface area contributed by atoms with Gasteiger partial charge in [0.2, 0.25) is 0 Å². The van der Waals surface area contributed by atoms with Crippen molar-refractivity contribution in [1.82, 2.24) is 4.98 Å². The Morgan fingerprint density at radius 1 is 1.42 bits per heavy atom. The Morgan fingerprint density at radius 3 is 2.83 bits per heavy atom. The summed E-state index contributed by atoms with van der Waals surface area (Å²) in [5.41, 5.74) is 12.0. The quantitative estimate of drug-likeness (QED) is 0.679. The predicted octanol–water partition coefficient (Wildman–Crippen LogP) is 0.856. The Bertz CT molecular complexity index is 222. The van der Waals surface area contributed by atoms with E-state index in [2.05, 4.69) is 4.98 Å². The monoisotopic (exact) mass is 183 g/mol. The summed E-state index contributed by atoms with van der Waals surface area (Å²) in [4.78, 5) is 3.99. The lowest BCUT2D eigenvalue weighted by Crippen LogP contribution is -2.01. The SMILES string of the molecule is NCCSCc1ccc(N)nc1. The van der Waals surface area contributed by atoms with Crippen LogP contribution in [0.2, 0.25) is 0 Å². The highest BCUT2D eigenvalue weighted by Gasteiger charge is 1.92. The first-order valence-corrected chi connectivity index (χ1v) is 4.96. The summed E-state index contributed by atoms with van der Waals surface area (Å²) < 4.78 is 0. The van der Waals surface area contributed by atoms with Gasteiger partial charge >= 0.3 is 0 Å². The maximum Gasteiger partial charge on any atom is 0.123 e. The van der Waals surface area contributed by atoms with Gasteiger partial charge in [0, 0.05) is 24.2 Å². The average Bonchev–Trinajstić information content (AvgIpc) is 2.09. The second kappa shape index (κ2) is 5.00. The molecule has 4 N–H and O–H groups in total. The zero-order chi connectivity index (χ0) is 8.81. The van der Waals surface area contributed by atoms with E-state index in [-0.39, 0.29) is 0 Å². The number of hydrogen-bond donors (Lipinski definition) is 2. The number of hydrogen-bond acceptors (Lipinski definition) is 4. The number of rotatable bonds is 4. The molecule has 0 aliphatic carbocycles. The molecule has 66 valence electrons. The number of nitrogens with zero attached hydrogens (tertiary/aromatic N) is 1. The molecule has 0 radical (unpaired) electrons. The van der Waals surface area contributed by atoms with Crippen molar-refractivity contribution in [2.24, 2.45) is 5.73 Å². The van der Waals surface area contributed by atoms with E-state index in [1.165, 1.54) is 5.56 Å². The van der Waals surface area contributed by atoms with E-state index in [1.54, 1.807) is 18.0 Å². The molecule has 4 heteroatoms. The summed E-state index contributed by atoms with van der Waals surface area (Å²) >= 11 is 1.81. The van der Waals surface area contributed by atoms with Crippen molar-refractivity contribution in [3.8, 4) is 0 Å². The summed E-state index contributed by atoms with van der Waals surface area (Å²) in [5, 5.41) is 0. The van der Waals surface area contributed by atoms with E-state index >= 15 is 0 Å². The Morgan fingerprint density at radius 2 is 2.25 bits per heavy atom. The van der Waals surface area contributed by atoms with E-state index < -0.39 is 0 Å². The largest absolute Gasteiger partial charge is 0.384 e. The van der Waals surface area contributed by atoms with E-state index in [9.17, 15) is 0 Å². The molecule has 12 heavy (non-hydrogen) atoms. The first-order valence-electron chi connectivity index (χ1n) is 3.81. The van der Waals surface area contributed by atoms with Gasteiger partial charge in [-0.3, -0.25) is 0 Å². The number of nitrogen functional groups attached to an aromatic ring is 1. The van der Waals surface area contributed by atoms with Crippen LogP contribution >= 0.6 is 11.8 Å². The normalized spacial score (nSPS) is 10.1. The van der Waals surface area contributed by atoms with E-state index in [0.29, 0.717) is 5.82 Å². The van der Waals surface area contributed by atoms with Crippen molar-refractivity contribution in [3.63, 3.8) is 0 Å². The van der Waals surface area contributed by atoms with E-state index in [1.807, 2.05) is 12.1 Å². The molecule has 0 saturated heterocycles. The van der Waals surface area contributed by atoms with Crippen LogP contribution in [0.15, 0.2) is 18.3 Å². The number of pyridine rings is 1.